The highest BCUT2D eigenvalue weighted by molar-refractivity contribution is 6.37. The summed E-state index contributed by atoms with van der Waals surface area (Å²) in [5.74, 6) is 1.74. The van der Waals surface area contributed by atoms with Crippen molar-refractivity contribution in [2.24, 2.45) is 5.92 Å². The summed E-state index contributed by atoms with van der Waals surface area (Å²) in [5.41, 5.74) is 1.09. The van der Waals surface area contributed by atoms with E-state index in [1.807, 2.05) is 30.3 Å². The highest BCUT2D eigenvalue weighted by Gasteiger charge is 2.16. The van der Waals surface area contributed by atoms with Crippen molar-refractivity contribution in [3.63, 3.8) is 0 Å². The smallest absolute Gasteiger partial charge is 0.156 e. The molecule has 128 valence electrons. The van der Waals surface area contributed by atoms with E-state index in [1.165, 1.54) is 0 Å². The van der Waals surface area contributed by atoms with Gasteiger partial charge in [-0.2, -0.15) is 0 Å². The van der Waals surface area contributed by atoms with E-state index in [4.69, 9.17) is 32.7 Å². The summed E-state index contributed by atoms with van der Waals surface area (Å²) in [5, 5.41) is 4.32. The molecule has 0 bridgehead atoms. The summed E-state index contributed by atoms with van der Waals surface area (Å²) in [6, 6.07) is 13.5. The summed E-state index contributed by atoms with van der Waals surface area (Å²) < 4.78 is 11.6. The quantitative estimate of drug-likeness (QED) is 0.785. The zero-order valence-electron chi connectivity index (χ0n) is 13.4. The van der Waals surface area contributed by atoms with Gasteiger partial charge in [-0.15, -0.1) is 0 Å². The normalized spacial score (nSPS) is 15.2. The Balaban J connectivity index is 1.60. The zero-order valence-corrected chi connectivity index (χ0v) is 14.9. The predicted octanol–water partition coefficient (Wildman–Crippen LogP) is 4.95. The fourth-order valence-corrected chi connectivity index (χ4v) is 3.32. The van der Waals surface area contributed by atoms with Gasteiger partial charge in [0.05, 0.1) is 16.7 Å². The number of halogens is 2. The van der Waals surface area contributed by atoms with Crippen molar-refractivity contribution >= 4 is 23.2 Å². The van der Waals surface area contributed by atoms with Gasteiger partial charge in [-0.05, 0) is 37.4 Å². The number of hydrogen-bond acceptors (Lipinski definition) is 3. The molecule has 0 amide bonds. The van der Waals surface area contributed by atoms with Crippen molar-refractivity contribution in [3.05, 3.63) is 58.1 Å². The minimum Gasteiger partial charge on any atom is -0.490 e. The summed E-state index contributed by atoms with van der Waals surface area (Å²) >= 11 is 12.7. The van der Waals surface area contributed by atoms with Crippen LogP contribution in [0.3, 0.4) is 0 Å². The number of hydrogen-bond donors (Lipinski definition) is 1. The molecule has 3 nitrogen and oxygen atoms in total. The molecule has 5 heteroatoms. The molecular weight excluding hydrogens is 345 g/mol. The van der Waals surface area contributed by atoms with Gasteiger partial charge in [-0.1, -0.05) is 53.5 Å². The van der Waals surface area contributed by atoms with Crippen LogP contribution in [0.25, 0.3) is 0 Å². The van der Waals surface area contributed by atoms with Gasteiger partial charge in [0, 0.05) is 12.1 Å². The van der Waals surface area contributed by atoms with Crippen LogP contribution < -0.4 is 14.8 Å². The molecule has 0 saturated carbocycles. The second-order valence-electron chi connectivity index (χ2n) is 5.99. The largest absolute Gasteiger partial charge is 0.490 e. The number of rotatable bonds is 6. The molecular formula is C19H21Cl2NO2. The van der Waals surface area contributed by atoms with E-state index in [9.17, 15) is 0 Å². The predicted molar refractivity (Wildman–Crippen MR) is 98.3 cm³/mol. The van der Waals surface area contributed by atoms with E-state index in [1.54, 1.807) is 12.1 Å². The van der Waals surface area contributed by atoms with Crippen LogP contribution in [0.1, 0.15) is 18.4 Å². The highest BCUT2D eigenvalue weighted by atomic mass is 35.5. The topological polar surface area (TPSA) is 30.5 Å². The number of benzene rings is 2. The van der Waals surface area contributed by atoms with Gasteiger partial charge in [0.15, 0.2) is 5.75 Å². The Labute approximate surface area is 152 Å². The van der Waals surface area contributed by atoms with E-state index in [2.05, 4.69) is 5.32 Å². The van der Waals surface area contributed by atoms with Gasteiger partial charge in [-0.25, -0.2) is 0 Å². The van der Waals surface area contributed by atoms with Crippen LogP contribution in [0.5, 0.6) is 11.5 Å². The lowest BCUT2D eigenvalue weighted by Crippen LogP contribution is -2.30. The summed E-state index contributed by atoms with van der Waals surface area (Å²) in [7, 11) is 0. The fourth-order valence-electron chi connectivity index (χ4n) is 2.75. The molecule has 1 fully saturated rings. The van der Waals surface area contributed by atoms with Gasteiger partial charge >= 0.3 is 0 Å². The molecule has 0 unspecified atom stereocenters. The third-order valence-electron chi connectivity index (χ3n) is 4.14. The molecule has 0 atom stereocenters. The fraction of sp³-hybridized carbons (Fsp3) is 0.368. The molecule has 1 aliphatic rings. The van der Waals surface area contributed by atoms with Crippen LogP contribution >= 0.6 is 23.2 Å². The van der Waals surface area contributed by atoms with Gasteiger partial charge in [0.2, 0.25) is 0 Å². The second kappa shape index (κ2) is 8.61. The van der Waals surface area contributed by atoms with E-state index < -0.39 is 0 Å². The first-order valence-corrected chi connectivity index (χ1v) is 8.97. The molecule has 24 heavy (non-hydrogen) atoms. The van der Waals surface area contributed by atoms with E-state index in [-0.39, 0.29) is 0 Å². The van der Waals surface area contributed by atoms with Crippen LogP contribution in [0.2, 0.25) is 10.0 Å². The van der Waals surface area contributed by atoms with Crippen LogP contribution in [0.4, 0.5) is 0 Å². The minimum atomic E-state index is 0.475. The third-order valence-corrected chi connectivity index (χ3v) is 4.70. The van der Waals surface area contributed by atoms with E-state index in [0.29, 0.717) is 40.7 Å². The molecule has 1 saturated heterocycles. The van der Waals surface area contributed by atoms with Crippen LogP contribution in [-0.4, -0.2) is 19.7 Å². The van der Waals surface area contributed by atoms with Crippen LogP contribution in [-0.2, 0) is 6.61 Å². The SMILES string of the molecule is Clc1cc(OCc2ccccc2)cc(Cl)c1OCC1CCNCC1. The average molecular weight is 366 g/mol. The van der Waals surface area contributed by atoms with Gasteiger partial charge < -0.3 is 14.8 Å². The maximum Gasteiger partial charge on any atom is 0.156 e. The van der Waals surface area contributed by atoms with Crippen molar-refractivity contribution in [3.8, 4) is 11.5 Å². The Morgan fingerprint density at radius 2 is 1.62 bits per heavy atom. The molecule has 3 rings (SSSR count). The highest BCUT2D eigenvalue weighted by Crippen LogP contribution is 2.37. The second-order valence-corrected chi connectivity index (χ2v) is 6.81. The number of nitrogens with one attached hydrogen (secondary N) is 1. The van der Waals surface area contributed by atoms with Gasteiger partial charge in [0.25, 0.3) is 0 Å². The Kier molecular flexibility index (Phi) is 6.24. The summed E-state index contributed by atoms with van der Waals surface area (Å²) in [6.45, 7) is 3.21. The zero-order chi connectivity index (χ0) is 16.8. The van der Waals surface area contributed by atoms with Crippen molar-refractivity contribution in [2.45, 2.75) is 19.4 Å². The first-order valence-electron chi connectivity index (χ1n) is 8.21. The molecule has 0 aliphatic carbocycles. The first kappa shape index (κ1) is 17.4. The standard InChI is InChI=1S/C19H21Cl2NO2/c20-17-10-16(23-12-14-4-2-1-3-5-14)11-18(21)19(17)24-13-15-6-8-22-9-7-15/h1-5,10-11,15,22H,6-9,12-13H2. The van der Waals surface area contributed by atoms with Crippen LogP contribution in [0, 0.1) is 5.92 Å². The lowest BCUT2D eigenvalue weighted by Gasteiger charge is -2.23. The molecule has 2 aromatic rings. The lowest BCUT2D eigenvalue weighted by molar-refractivity contribution is 0.215. The van der Waals surface area contributed by atoms with Crippen molar-refractivity contribution in [1.29, 1.82) is 0 Å². The van der Waals surface area contributed by atoms with Crippen molar-refractivity contribution in [1.82, 2.24) is 5.32 Å². The Morgan fingerprint density at radius 1 is 0.958 bits per heavy atom. The minimum absolute atomic E-state index is 0.475. The molecule has 0 aromatic heterocycles. The Hall–Kier alpha value is -1.42. The van der Waals surface area contributed by atoms with Crippen molar-refractivity contribution < 1.29 is 9.47 Å². The monoisotopic (exact) mass is 365 g/mol. The molecule has 0 spiro atoms. The first-order chi connectivity index (χ1) is 11.7. The average Bonchev–Trinajstić information content (AvgIpc) is 2.61. The molecule has 1 N–H and O–H groups in total. The van der Waals surface area contributed by atoms with Crippen LogP contribution in [0.15, 0.2) is 42.5 Å². The molecule has 2 aromatic carbocycles. The lowest BCUT2D eigenvalue weighted by atomic mass is 9.99. The Morgan fingerprint density at radius 3 is 2.29 bits per heavy atom. The van der Waals surface area contributed by atoms with Gasteiger partial charge in [-0.3, -0.25) is 0 Å². The molecule has 1 heterocycles. The molecule has 1 aliphatic heterocycles. The van der Waals surface area contributed by atoms with E-state index >= 15 is 0 Å². The van der Waals surface area contributed by atoms with E-state index in [0.717, 1.165) is 31.5 Å². The molecule has 0 radical (unpaired) electrons. The summed E-state index contributed by atoms with van der Waals surface area (Å²) in [6.07, 6.45) is 2.24. The maximum atomic E-state index is 6.33. The number of piperidine rings is 1. The number of ether oxygens (including phenoxy) is 2. The van der Waals surface area contributed by atoms with Gasteiger partial charge in [0.1, 0.15) is 12.4 Å². The Bertz CT molecular complexity index is 635. The maximum absolute atomic E-state index is 6.33. The summed E-state index contributed by atoms with van der Waals surface area (Å²) in [4.78, 5) is 0. The van der Waals surface area contributed by atoms with Crippen molar-refractivity contribution in [2.75, 3.05) is 19.7 Å². The third kappa shape index (κ3) is 4.79.